The molecule has 0 spiro atoms. The molecule has 104 valence electrons. The zero-order chi connectivity index (χ0) is 14.8. The summed E-state index contributed by atoms with van der Waals surface area (Å²) in [7, 11) is 0. The molecule has 2 aromatic rings. The number of benzene rings is 1. The highest BCUT2D eigenvalue weighted by Crippen LogP contribution is 2.27. The molecule has 1 heterocycles. The number of hydrogen-bond acceptors (Lipinski definition) is 3. The number of carbonyl (C=O) groups is 1. The minimum atomic E-state index is -0.714. The van der Waals surface area contributed by atoms with Crippen molar-refractivity contribution in [3.8, 4) is 0 Å². The monoisotopic (exact) mass is 289 g/mol. The third-order valence-corrected chi connectivity index (χ3v) is 3.50. The van der Waals surface area contributed by atoms with Gasteiger partial charge in [0.2, 0.25) is 5.91 Å². The van der Waals surface area contributed by atoms with Crippen molar-refractivity contribution < 1.29 is 4.79 Å². The van der Waals surface area contributed by atoms with Crippen LogP contribution in [0.5, 0.6) is 0 Å². The van der Waals surface area contributed by atoms with Crippen molar-refractivity contribution >= 4 is 29.0 Å². The first-order valence-corrected chi connectivity index (χ1v) is 6.57. The van der Waals surface area contributed by atoms with Crippen LogP contribution >= 0.6 is 11.6 Å². The lowest BCUT2D eigenvalue weighted by Crippen LogP contribution is -2.35. The van der Waals surface area contributed by atoms with Gasteiger partial charge in [0.05, 0.1) is 10.4 Å². The number of aromatic nitrogens is 1. The maximum absolute atomic E-state index is 12.4. The fourth-order valence-corrected chi connectivity index (χ4v) is 1.94. The first kappa shape index (κ1) is 14.3. The van der Waals surface area contributed by atoms with Crippen LogP contribution in [0.15, 0.2) is 42.6 Å². The van der Waals surface area contributed by atoms with Gasteiger partial charge in [-0.2, -0.15) is 0 Å². The Kier molecular flexibility index (Phi) is 3.95. The van der Waals surface area contributed by atoms with E-state index in [1.54, 1.807) is 30.5 Å². The summed E-state index contributed by atoms with van der Waals surface area (Å²) >= 11 is 5.99. The third kappa shape index (κ3) is 2.91. The van der Waals surface area contributed by atoms with E-state index in [1.807, 2.05) is 26.0 Å². The van der Waals surface area contributed by atoms with Gasteiger partial charge < -0.3 is 11.1 Å². The molecule has 0 aliphatic heterocycles. The number of anilines is 2. The van der Waals surface area contributed by atoms with Gasteiger partial charge in [0.1, 0.15) is 0 Å². The van der Waals surface area contributed by atoms with Crippen LogP contribution in [-0.2, 0) is 10.2 Å². The highest BCUT2D eigenvalue weighted by Gasteiger charge is 2.30. The molecule has 0 aliphatic rings. The predicted octanol–water partition coefficient (Wildman–Crippen LogP) is 3.23. The van der Waals surface area contributed by atoms with Crippen LogP contribution in [0.1, 0.15) is 19.4 Å². The Morgan fingerprint density at radius 1 is 1.25 bits per heavy atom. The van der Waals surface area contributed by atoms with E-state index in [-0.39, 0.29) is 5.91 Å². The Morgan fingerprint density at radius 2 is 1.90 bits per heavy atom. The topological polar surface area (TPSA) is 68.0 Å². The summed E-state index contributed by atoms with van der Waals surface area (Å²) in [6.45, 7) is 3.68. The van der Waals surface area contributed by atoms with E-state index in [9.17, 15) is 4.79 Å². The number of halogens is 1. The van der Waals surface area contributed by atoms with Gasteiger partial charge in [0.25, 0.3) is 0 Å². The van der Waals surface area contributed by atoms with Gasteiger partial charge in [-0.1, -0.05) is 23.7 Å². The SMILES string of the molecule is CC(C)(C(=O)Nc1ncccc1Cl)c1ccc(N)cc1. The van der Waals surface area contributed by atoms with E-state index >= 15 is 0 Å². The van der Waals surface area contributed by atoms with Crippen molar-refractivity contribution in [1.29, 1.82) is 0 Å². The molecule has 0 saturated carbocycles. The Bertz CT molecular complexity index is 623. The van der Waals surface area contributed by atoms with Gasteiger partial charge in [0, 0.05) is 11.9 Å². The van der Waals surface area contributed by atoms with Crippen molar-refractivity contribution in [1.82, 2.24) is 4.98 Å². The second kappa shape index (κ2) is 5.51. The molecule has 20 heavy (non-hydrogen) atoms. The van der Waals surface area contributed by atoms with Crippen LogP contribution in [0.25, 0.3) is 0 Å². The largest absolute Gasteiger partial charge is 0.399 e. The van der Waals surface area contributed by atoms with Gasteiger partial charge in [-0.25, -0.2) is 4.98 Å². The number of carbonyl (C=O) groups excluding carboxylic acids is 1. The highest BCUT2D eigenvalue weighted by atomic mass is 35.5. The number of nitrogens with zero attached hydrogens (tertiary/aromatic N) is 1. The number of nitrogens with one attached hydrogen (secondary N) is 1. The van der Waals surface area contributed by atoms with E-state index in [2.05, 4.69) is 10.3 Å². The van der Waals surface area contributed by atoms with E-state index in [1.165, 1.54) is 0 Å². The van der Waals surface area contributed by atoms with E-state index < -0.39 is 5.41 Å². The summed E-state index contributed by atoms with van der Waals surface area (Å²) < 4.78 is 0. The number of hydrogen-bond donors (Lipinski definition) is 2. The van der Waals surface area contributed by atoms with Gasteiger partial charge in [0.15, 0.2) is 5.82 Å². The molecule has 2 rings (SSSR count). The minimum absolute atomic E-state index is 0.178. The zero-order valence-electron chi connectivity index (χ0n) is 11.4. The van der Waals surface area contributed by atoms with Gasteiger partial charge >= 0.3 is 0 Å². The second-order valence-electron chi connectivity index (χ2n) is 5.03. The predicted molar refractivity (Wildman–Crippen MR) is 81.8 cm³/mol. The molecule has 0 bridgehead atoms. The highest BCUT2D eigenvalue weighted by molar-refractivity contribution is 6.33. The van der Waals surface area contributed by atoms with Crippen LogP contribution in [0, 0.1) is 0 Å². The van der Waals surface area contributed by atoms with Crippen molar-refractivity contribution in [2.45, 2.75) is 19.3 Å². The van der Waals surface area contributed by atoms with Gasteiger partial charge in [-0.15, -0.1) is 0 Å². The Labute approximate surface area is 123 Å². The standard InChI is InChI=1S/C15H16ClN3O/c1-15(2,10-5-7-11(17)8-6-10)14(20)19-13-12(16)4-3-9-18-13/h3-9H,17H2,1-2H3,(H,18,19,20). The summed E-state index contributed by atoms with van der Waals surface area (Å²) in [5.74, 6) is 0.186. The molecule has 0 saturated heterocycles. The number of rotatable bonds is 3. The molecule has 0 aliphatic carbocycles. The molecule has 3 N–H and O–H groups in total. The first-order valence-electron chi connectivity index (χ1n) is 6.19. The van der Waals surface area contributed by atoms with Crippen LogP contribution < -0.4 is 11.1 Å². The second-order valence-corrected chi connectivity index (χ2v) is 5.44. The number of nitrogen functional groups attached to an aromatic ring is 1. The summed E-state index contributed by atoms with van der Waals surface area (Å²) in [5, 5.41) is 3.16. The summed E-state index contributed by atoms with van der Waals surface area (Å²) in [6.07, 6.45) is 1.58. The zero-order valence-corrected chi connectivity index (χ0v) is 12.1. The third-order valence-electron chi connectivity index (χ3n) is 3.19. The molecule has 0 radical (unpaired) electrons. The smallest absolute Gasteiger partial charge is 0.235 e. The van der Waals surface area contributed by atoms with Gasteiger partial charge in [-0.05, 0) is 43.7 Å². The summed E-state index contributed by atoms with van der Waals surface area (Å²) in [4.78, 5) is 16.5. The number of nitrogens with two attached hydrogens (primary N) is 1. The lowest BCUT2D eigenvalue weighted by molar-refractivity contribution is -0.120. The molecule has 1 aromatic heterocycles. The molecule has 5 heteroatoms. The quantitative estimate of drug-likeness (QED) is 0.852. The lowest BCUT2D eigenvalue weighted by atomic mass is 9.83. The van der Waals surface area contributed by atoms with Crippen molar-refractivity contribution in [2.75, 3.05) is 11.1 Å². The maximum Gasteiger partial charge on any atom is 0.235 e. The van der Waals surface area contributed by atoms with Crippen LogP contribution in [-0.4, -0.2) is 10.9 Å². The Hall–Kier alpha value is -2.07. The first-order chi connectivity index (χ1) is 9.41. The van der Waals surface area contributed by atoms with Gasteiger partial charge in [-0.3, -0.25) is 4.79 Å². The molecule has 1 aromatic carbocycles. The Balaban J connectivity index is 2.23. The maximum atomic E-state index is 12.4. The number of amides is 1. The minimum Gasteiger partial charge on any atom is -0.399 e. The summed E-state index contributed by atoms with van der Waals surface area (Å²) in [5.41, 5.74) is 6.48. The molecule has 0 atom stereocenters. The summed E-state index contributed by atoms with van der Waals surface area (Å²) in [6, 6.07) is 10.6. The molecule has 4 nitrogen and oxygen atoms in total. The molecular formula is C15H16ClN3O. The molecule has 0 unspecified atom stereocenters. The molecule has 0 fully saturated rings. The van der Waals surface area contributed by atoms with Crippen molar-refractivity contribution in [2.24, 2.45) is 0 Å². The van der Waals surface area contributed by atoms with Crippen molar-refractivity contribution in [3.63, 3.8) is 0 Å². The van der Waals surface area contributed by atoms with E-state index in [0.29, 0.717) is 16.5 Å². The average molecular weight is 290 g/mol. The van der Waals surface area contributed by atoms with Crippen LogP contribution in [0.3, 0.4) is 0 Å². The van der Waals surface area contributed by atoms with Crippen molar-refractivity contribution in [3.05, 3.63) is 53.2 Å². The Morgan fingerprint density at radius 3 is 2.50 bits per heavy atom. The number of pyridine rings is 1. The molecule has 1 amide bonds. The fraction of sp³-hybridized carbons (Fsp3) is 0.200. The fourth-order valence-electron chi connectivity index (χ4n) is 1.77. The molecular weight excluding hydrogens is 274 g/mol. The van der Waals surface area contributed by atoms with E-state index in [4.69, 9.17) is 17.3 Å². The lowest BCUT2D eigenvalue weighted by Gasteiger charge is -2.24. The average Bonchev–Trinajstić information content (AvgIpc) is 2.41. The van der Waals surface area contributed by atoms with E-state index in [0.717, 1.165) is 5.56 Å². The van der Waals surface area contributed by atoms with Crippen LogP contribution in [0.4, 0.5) is 11.5 Å². The normalized spacial score (nSPS) is 11.2. The van der Waals surface area contributed by atoms with Crippen LogP contribution in [0.2, 0.25) is 5.02 Å².